The summed E-state index contributed by atoms with van der Waals surface area (Å²) in [5.41, 5.74) is 3.96. The summed E-state index contributed by atoms with van der Waals surface area (Å²) in [6.45, 7) is 5.23. The number of aromatic nitrogens is 2. The van der Waals surface area contributed by atoms with Crippen LogP contribution in [0.4, 0.5) is 0 Å². The lowest BCUT2D eigenvalue weighted by molar-refractivity contribution is -0.132. The minimum absolute atomic E-state index is 0.0224. The summed E-state index contributed by atoms with van der Waals surface area (Å²) in [4.78, 5) is 22.7. The third-order valence-electron chi connectivity index (χ3n) is 6.06. The Morgan fingerprint density at radius 2 is 1.87 bits per heavy atom. The van der Waals surface area contributed by atoms with Crippen molar-refractivity contribution in [1.29, 1.82) is 0 Å². The van der Waals surface area contributed by atoms with Gasteiger partial charge in [0.15, 0.2) is 0 Å². The van der Waals surface area contributed by atoms with Crippen molar-refractivity contribution in [3.05, 3.63) is 59.4 Å². The topological polar surface area (TPSA) is 95.2 Å². The number of H-pyrrole nitrogens is 1. The number of para-hydroxylation sites is 2. The van der Waals surface area contributed by atoms with Crippen LogP contribution >= 0.6 is 0 Å². The van der Waals surface area contributed by atoms with E-state index in [1.807, 2.05) is 43.0 Å². The van der Waals surface area contributed by atoms with E-state index in [2.05, 4.69) is 14.7 Å². The number of rotatable bonds is 6. The van der Waals surface area contributed by atoms with Gasteiger partial charge in [0.2, 0.25) is 15.9 Å². The van der Waals surface area contributed by atoms with Crippen molar-refractivity contribution >= 4 is 27.0 Å². The molecule has 0 atom stereocenters. The molecule has 1 fully saturated rings. The van der Waals surface area contributed by atoms with E-state index < -0.39 is 10.0 Å². The molecule has 0 saturated carbocycles. The fourth-order valence-corrected chi connectivity index (χ4v) is 5.10. The number of piperidine rings is 1. The van der Waals surface area contributed by atoms with E-state index in [1.54, 1.807) is 18.2 Å². The molecule has 2 heterocycles. The van der Waals surface area contributed by atoms with E-state index in [0.717, 1.165) is 40.8 Å². The van der Waals surface area contributed by atoms with Gasteiger partial charge in [0, 0.05) is 32.0 Å². The van der Waals surface area contributed by atoms with E-state index in [4.69, 9.17) is 0 Å². The second-order valence-electron chi connectivity index (χ2n) is 8.19. The number of amides is 1. The summed E-state index contributed by atoms with van der Waals surface area (Å²) in [5, 5.41) is 0. The largest absolute Gasteiger partial charge is 0.343 e. The number of fused-ring (bicyclic) bond motifs is 1. The molecule has 0 unspecified atom stereocenters. The van der Waals surface area contributed by atoms with Gasteiger partial charge in [0.25, 0.3) is 0 Å². The van der Waals surface area contributed by atoms with Gasteiger partial charge in [-0.15, -0.1) is 0 Å². The number of hydrogen-bond donors (Lipinski definition) is 2. The molecule has 1 amide bonds. The molecule has 0 spiro atoms. The van der Waals surface area contributed by atoms with Gasteiger partial charge in [-0.1, -0.05) is 18.2 Å². The zero-order chi connectivity index (χ0) is 22.0. The highest BCUT2D eigenvalue weighted by molar-refractivity contribution is 7.89. The van der Waals surface area contributed by atoms with Crippen LogP contribution in [0.2, 0.25) is 0 Å². The monoisotopic (exact) mass is 440 g/mol. The molecule has 1 aliphatic rings. The lowest BCUT2D eigenvalue weighted by atomic mass is 9.96. The van der Waals surface area contributed by atoms with Crippen LogP contribution in [-0.4, -0.2) is 48.8 Å². The second-order valence-corrected chi connectivity index (χ2v) is 9.96. The quantitative estimate of drug-likeness (QED) is 0.615. The first-order valence-electron chi connectivity index (χ1n) is 10.6. The molecular formula is C23H28N4O3S. The number of likely N-dealkylation sites (tertiary alicyclic amines) is 1. The van der Waals surface area contributed by atoms with Crippen LogP contribution in [0.3, 0.4) is 0 Å². The first kappa shape index (κ1) is 21.5. The van der Waals surface area contributed by atoms with Gasteiger partial charge in [-0.05, 0) is 62.1 Å². The molecule has 0 radical (unpaired) electrons. The first-order valence-corrected chi connectivity index (χ1v) is 12.1. The fraction of sp³-hybridized carbons (Fsp3) is 0.391. The second kappa shape index (κ2) is 8.80. The SMILES string of the molecule is Cc1ccc(S(=O)(=O)NCCC(=O)N2CCC(c3nc4ccccc4[nH]3)CC2)cc1C. The smallest absolute Gasteiger partial charge is 0.240 e. The minimum atomic E-state index is -3.62. The summed E-state index contributed by atoms with van der Waals surface area (Å²) in [6.07, 6.45) is 1.85. The van der Waals surface area contributed by atoms with Crippen molar-refractivity contribution in [3.63, 3.8) is 0 Å². The summed E-state index contributed by atoms with van der Waals surface area (Å²) in [7, 11) is -3.62. The molecule has 2 N–H and O–H groups in total. The average Bonchev–Trinajstić information content (AvgIpc) is 3.20. The molecule has 0 bridgehead atoms. The fourth-order valence-electron chi connectivity index (χ4n) is 3.98. The predicted octanol–water partition coefficient (Wildman–Crippen LogP) is 3.25. The number of carbonyl (C=O) groups is 1. The zero-order valence-electron chi connectivity index (χ0n) is 17.9. The molecule has 8 heteroatoms. The molecule has 0 aliphatic carbocycles. The number of sulfonamides is 1. The number of nitrogens with one attached hydrogen (secondary N) is 2. The molecule has 2 aromatic carbocycles. The number of carbonyl (C=O) groups excluding carboxylic acids is 1. The summed E-state index contributed by atoms with van der Waals surface area (Å²) >= 11 is 0. The number of benzene rings is 2. The van der Waals surface area contributed by atoms with E-state index >= 15 is 0 Å². The number of imidazole rings is 1. The maximum Gasteiger partial charge on any atom is 0.240 e. The van der Waals surface area contributed by atoms with Gasteiger partial charge in [0.1, 0.15) is 5.82 Å². The van der Waals surface area contributed by atoms with E-state index in [1.165, 1.54) is 0 Å². The lowest BCUT2D eigenvalue weighted by Gasteiger charge is -2.31. The van der Waals surface area contributed by atoms with Crippen molar-refractivity contribution in [3.8, 4) is 0 Å². The Labute approximate surface area is 182 Å². The van der Waals surface area contributed by atoms with Crippen LogP contribution in [0, 0.1) is 13.8 Å². The van der Waals surface area contributed by atoms with Crippen LogP contribution in [0.1, 0.15) is 42.1 Å². The van der Waals surface area contributed by atoms with Crippen LogP contribution in [0.15, 0.2) is 47.4 Å². The molecule has 1 saturated heterocycles. The molecule has 4 rings (SSSR count). The minimum Gasteiger partial charge on any atom is -0.343 e. The molecule has 164 valence electrons. The summed E-state index contributed by atoms with van der Waals surface area (Å²) in [6, 6.07) is 13.0. The van der Waals surface area contributed by atoms with E-state index in [9.17, 15) is 13.2 Å². The van der Waals surface area contributed by atoms with Crippen molar-refractivity contribution in [2.45, 2.75) is 43.9 Å². The van der Waals surface area contributed by atoms with Crippen LogP contribution in [-0.2, 0) is 14.8 Å². The Morgan fingerprint density at radius 1 is 1.13 bits per heavy atom. The van der Waals surface area contributed by atoms with Gasteiger partial charge in [-0.2, -0.15) is 0 Å². The van der Waals surface area contributed by atoms with Crippen LogP contribution < -0.4 is 4.72 Å². The van der Waals surface area contributed by atoms with Crippen LogP contribution in [0.25, 0.3) is 11.0 Å². The molecule has 7 nitrogen and oxygen atoms in total. The van der Waals surface area contributed by atoms with Gasteiger partial charge < -0.3 is 9.88 Å². The Kier molecular flexibility index (Phi) is 6.11. The molecular weight excluding hydrogens is 412 g/mol. The van der Waals surface area contributed by atoms with Gasteiger partial charge in [-0.3, -0.25) is 4.79 Å². The summed E-state index contributed by atoms with van der Waals surface area (Å²) < 4.78 is 27.5. The highest BCUT2D eigenvalue weighted by atomic mass is 32.2. The third kappa shape index (κ3) is 4.80. The molecule has 3 aromatic rings. The van der Waals surface area contributed by atoms with Gasteiger partial charge >= 0.3 is 0 Å². The first-order chi connectivity index (χ1) is 14.8. The maximum atomic E-state index is 12.6. The molecule has 1 aromatic heterocycles. The average molecular weight is 441 g/mol. The highest BCUT2D eigenvalue weighted by Gasteiger charge is 2.26. The normalized spacial score (nSPS) is 15.5. The summed E-state index contributed by atoms with van der Waals surface area (Å²) in [5.74, 6) is 1.26. The predicted molar refractivity (Wildman–Crippen MR) is 120 cm³/mol. The van der Waals surface area contributed by atoms with Crippen molar-refractivity contribution < 1.29 is 13.2 Å². The standard InChI is InChI=1S/C23H28N4O3S/c1-16-7-8-19(15-17(16)2)31(29,30)24-12-9-22(28)27-13-10-18(11-14-27)23-25-20-5-3-4-6-21(20)26-23/h3-8,15,18,24H,9-14H2,1-2H3,(H,25,26). The maximum absolute atomic E-state index is 12.6. The molecule has 31 heavy (non-hydrogen) atoms. The van der Waals surface area contributed by atoms with Crippen molar-refractivity contribution in [2.75, 3.05) is 19.6 Å². The van der Waals surface area contributed by atoms with Gasteiger partial charge in [0.05, 0.1) is 15.9 Å². The van der Waals surface area contributed by atoms with Crippen LogP contribution in [0.5, 0.6) is 0 Å². The van der Waals surface area contributed by atoms with Gasteiger partial charge in [-0.25, -0.2) is 18.1 Å². The van der Waals surface area contributed by atoms with E-state index in [-0.39, 0.29) is 23.8 Å². The zero-order valence-corrected chi connectivity index (χ0v) is 18.7. The lowest BCUT2D eigenvalue weighted by Crippen LogP contribution is -2.39. The Morgan fingerprint density at radius 3 is 2.58 bits per heavy atom. The number of hydrogen-bond acceptors (Lipinski definition) is 4. The van der Waals surface area contributed by atoms with E-state index in [0.29, 0.717) is 19.0 Å². The number of aromatic amines is 1. The van der Waals surface area contributed by atoms with Crippen molar-refractivity contribution in [1.82, 2.24) is 19.6 Å². The Bertz CT molecular complexity index is 1160. The Balaban J connectivity index is 1.27. The number of aryl methyl sites for hydroxylation is 2. The Hall–Kier alpha value is -2.71. The van der Waals surface area contributed by atoms with Crippen molar-refractivity contribution in [2.24, 2.45) is 0 Å². The number of nitrogens with zero attached hydrogens (tertiary/aromatic N) is 2. The highest BCUT2D eigenvalue weighted by Crippen LogP contribution is 2.28. The third-order valence-corrected chi connectivity index (χ3v) is 7.52. The molecule has 1 aliphatic heterocycles.